The fraction of sp³-hybridized carbons (Fsp3) is 0.529. The van der Waals surface area contributed by atoms with Gasteiger partial charge in [0.15, 0.2) is 0 Å². The molecule has 1 aromatic rings. The van der Waals surface area contributed by atoms with E-state index in [1.165, 1.54) is 0 Å². The predicted octanol–water partition coefficient (Wildman–Crippen LogP) is 0.551. The summed E-state index contributed by atoms with van der Waals surface area (Å²) in [5.74, 6) is 0.418. The van der Waals surface area contributed by atoms with Gasteiger partial charge in [-0.2, -0.15) is 0 Å². The van der Waals surface area contributed by atoms with Crippen molar-refractivity contribution in [1.82, 2.24) is 10.2 Å². The Labute approximate surface area is 137 Å². The van der Waals surface area contributed by atoms with Gasteiger partial charge in [-0.15, -0.1) is 0 Å². The molecule has 1 aliphatic rings. The van der Waals surface area contributed by atoms with Gasteiger partial charge in [0.05, 0.1) is 19.6 Å². The maximum atomic E-state index is 12.0. The Morgan fingerprint density at radius 2 is 2.09 bits per heavy atom. The summed E-state index contributed by atoms with van der Waals surface area (Å²) in [6.07, 6.45) is 2.51. The molecule has 0 aromatic heterocycles. The maximum Gasteiger partial charge on any atom is 0.234 e. The van der Waals surface area contributed by atoms with Crippen molar-refractivity contribution in [2.75, 3.05) is 33.3 Å². The summed E-state index contributed by atoms with van der Waals surface area (Å²) in [5.41, 5.74) is 6.50. The number of hydrogen-bond acceptors (Lipinski definition) is 4. The normalized spacial score (nSPS) is 18.4. The standard InChI is InChI=1S/C17H25N3O3/c1-23-15-6-4-13(5-7-15)8-9-19-16(21)12-20-10-2-3-14(11-20)17(18)22/h4-7,14H,2-3,8-12H2,1H3,(H2,18,22)(H,19,21)/t14-/m1/s1. The highest BCUT2D eigenvalue weighted by Gasteiger charge is 2.24. The van der Waals surface area contributed by atoms with Gasteiger partial charge in [-0.3, -0.25) is 14.5 Å². The van der Waals surface area contributed by atoms with Crippen LogP contribution in [0.5, 0.6) is 5.75 Å². The number of nitrogens with zero attached hydrogens (tertiary/aromatic N) is 1. The summed E-state index contributed by atoms with van der Waals surface area (Å²) in [7, 11) is 1.64. The van der Waals surface area contributed by atoms with Crippen LogP contribution in [0.1, 0.15) is 18.4 Å². The molecule has 0 spiro atoms. The minimum Gasteiger partial charge on any atom is -0.497 e. The van der Waals surface area contributed by atoms with E-state index in [-0.39, 0.29) is 17.7 Å². The zero-order chi connectivity index (χ0) is 16.7. The van der Waals surface area contributed by atoms with Crippen molar-refractivity contribution in [3.63, 3.8) is 0 Å². The number of carbonyl (C=O) groups excluding carboxylic acids is 2. The first-order valence-corrected chi connectivity index (χ1v) is 8.00. The highest BCUT2D eigenvalue weighted by molar-refractivity contribution is 5.79. The van der Waals surface area contributed by atoms with Crippen LogP contribution in [0.15, 0.2) is 24.3 Å². The second-order valence-corrected chi connectivity index (χ2v) is 5.92. The molecule has 1 fully saturated rings. The van der Waals surface area contributed by atoms with Gasteiger partial charge in [-0.05, 0) is 43.5 Å². The fourth-order valence-corrected chi connectivity index (χ4v) is 2.83. The number of methoxy groups -OCH3 is 1. The number of nitrogens with two attached hydrogens (primary N) is 1. The number of primary amides is 1. The van der Waals surface area contributed by atoms with Gasteiger partial charge in [0.25, 0.3) is 0 Å². The number of hydrogen-bond donors (Lipinski definition) is 2. The molecule has 6 heteroatoms. The van der Waals surface area contributed by atoms with Crippen LogP contribution < -0.4 is 15.8 Å². The molecule has 1 heterocycles. The smallest absolute Gasteiger partial charge is 0.234 e. The van der Waals surface area contributed by atoms with Crippen LogP contribution >= 0.6 is 0 Å². The van der Waals surface area contributed by atoms with E-state index in [1.54, 1.807) is 7.11 Å². The van der Waals surface area contributed by atoms with E-state index in [4.69, 9.17) is 10.5 Å². The summed E-state index contributed by atoms with van der Waals surface area (Å²) in [5, 5.41) is 2.92. The van der Waals surface area contributed by atoms with Crippen LogP contribution in [0.25, 0.3) is 0 Å². The molecule has 2 rings (SSSR count). The molecule has 0 radical (unpaired) electrons. The largest absolute Gasteiger partial charge is 0.497 e. The molecular formula is C17H25N3O3. The zero-order valence-corrected chi connectivity index (χ0v) is 13.6. The molecule has 0 aliphatic carbocycles. The van der Waals surface area contributed by atoms with Crippen molar-refractivity contribution in [3.05, 3.63) is 29.8 Å². The van der Waals surface area contributed by atoms with Crippen LogP contribution in [-0.2, 0) is 16.0 Å². The Bertz CT molecular complexity index is 530. The number of piperidine rings is 1. The first-order chi connectivity index (χ1) is 11.1. The lowest BCUT2D eigenvalue weighted by atomic mass is 9.97. The SMILES string of the molecule is COc1ccc(CCNC(=O)CN2CCC[C@@H](C(N)=O)C2)cc1. The summed E-state index contributed by atoms with van der Waals surface area (Å²) in [4.78, 5) is 25.2. The third kappa shape index (κ3) is 5.56. The summed E-state index contributed by atoms with van der Waals surface area (Å²) < 4.78 is 5.11. The number of carbonyl (C=O) groups is 2. The second kappa shape index (κ2) is 8.53. The lowest BCUT2D eigenvalue weighted by Crippen LogP contribution is -2.45. The minimum atomic E-state index is -0.269. The van der Waals surface area contributed by atoms with Crippen LogP contribution in [-0.4, -0.2) is 50.0 Å². The molecule has 2 amide bonds. The van der Waals surface area contributed by atoms with E-state index in [9.17, 15) is 9.59 Å². The summed E-state index contributed by atoms with van der Waals surface area (Å²) in [6.45, 7) is 2.35. The molecule has 126 valence electrons. The Balaban J connectivity index is 1.69. The molecule has 3 N–H and O–H groups in total. The number of likely N-dealkylation sites (tertiary alicyclic amines) is 1. The van der Waals surface area contributed by atoms with E-state index in [0.29, 0.717) is 19.6 Å². The molecule has 1 saturated heterocycles. The van der Waals surface area contributed by atoms with Crippen LogP contribution in [0.4, 0.5) is 0 Å². The topological polar surface area (TPSA) is 84.7 Å². The number of amides is 2. The Hall–Kier alpha value is -2.08. The van der Waals surface area contributed by atoms with Gasteiger partial charge in [-0.1, -0.05) is 12.1 Å². The van der Waals surface area contributed by atoms with E-state index >= 15 is 0 Å². The average molecular weight is 319 g/mol. The van der Waals surface area contributed by atoms with Gasteiger partial charge >= 0.3 is 0 Å². The van der Waals surface area contributed by atoms with Crippen LogP contribution in [0.3, 0.4) is 0 Å². The molecule has 0 saturated carbocycles. The summed E-state index contributed by atoms with van der Waals surface area (Å²) >= 11 is 0. The first kappa shape index (κ1) is 17.3. The summed E-state index contributed by atoms with van der Waals surface area (Å²) in [6, 6.07) is 7.81. The number of ether oxygens (including phenoxy) is 1. The molecule has 6 nitrogen and oxygen atoms in total. The van der Waals surface area contributed by atoms with Crippen molar-refractivity contribution < 1.29 is 14.3 Å². The third-order valence-electron chi connectivity index (χ3n) is 4.17. The third-order valence-corrected chi connectivity index (χ3v) is 4.17. The predicted molar refractivity (Wildman–Crippen MR) is 88.1 cm³/mol. The highest BCUT2D eigenvalue weighted by Crippen LogP contribution is 2.15. The fourth-order valence-electron chi connectivity index (χ4n) is 2.83. The minimum absolute atomic E-state index is 0.0105. The van der Waals surface area contributed by atoms with Gasteiger partial charge in [-0.25, -0.2) is 0 Å². The van der Waals surface area contributed by atoms with Crippen molar-refractivity contribution in [1.29, 1.82) is 0 Å². The molecule has 1 aliphatic heterocycles. The Morgan fingerprint density at radius 1 is 1.35 bits per heavy atom. The van der Waals surface area contributed by atoms with Crippen LogP contribution in [0, 0.1) is 5.92 Å². The first-order valence-electron chi connectivity index (χ1n) is 8.00. The number of rotatable bonds is 7. The lowest BCUT2D eigenvalue weighted by molar-refractivity contribution is -0.126. The van der Waals surface area contributed by atoms with Crippen molar-refractivity contribution >= 4 is 11.8 Å². The lowest BCUT2D eigenvalue weighted by Gasteiger charge is -2.30. The van der Waals surface area contributed by atoms with Gasteiger partial charge in [0.2, 0.25) is 11.8 Å². The molecule has 23 heavy (non-hydrogen) atoms. The van der Waals surface area contributed by atoms with E-state index in [0.717, 1.165) is 37.1 Å². The molecule has 0 bridgehead atoms. The van der Waals surface area contributed by atoms with E-state index in [2.05, 4.69) is 5.32 Å². The monoisotopic (exact) mass is 319 g/mol. The highest BCUT2D eigenvalue weighted by atomic mass is 16.5. The van der Waals surface area contributed by atoms with Gasteiger partial charge in [0, 0.05) is 13.1 Å². The molecule has 0 unspecified atom stereocenters. The molecule has 1 atom stereocenters. The van der Waals surface area contributed by atoms with Gasteiger partial charge < -0.3 is 15.8 Å². The zero-order valence-electron chi connectivity index (χ0n) is 13.6. The second-order valence-electron chi connectivity index (χ2n) is 5.92. The van der Waals surface area contributed by atoms with Crippen molar-refractivity contribution in [2.24, 2.45) is 11.7 Å². The number of benzene rings is 1. The van der Waals surface area contributed by atoms with Crippen molar-refractivity contribution in [2.45, 2.75) is 19.3 Å². The van der Waals surface area contributed by atoms with Crippen LogP contribution in [0.2, 0.25) is 0 Å². The van der Waals surface area contributed by atoms with E-state index in [1.807, 2.05) is 29.2 Å². The maximum absolute atomic E-state index is 12.0. The quantitative estimate of drug-likeness (QED) is 0.769. The van der Waals surface area contributed by atoms with Crippen molar-refractivity contribution in [3.8, 4) is 5.75 Å². The Kier molecular flexibility index (Phi) is 6.40. The van der Waals surface area contributed by atoms with E-state index < -0.39 is 0 Å². The van der Waals surface area contributed by atoms with Gasteiger partial charge in [0.1, 0.15) is 5.75 Å². The average Bonchev–Trinajstić information content (AvgIpc) is 2.55. The number of nitrogens with one attached hydrogen (secondary N) is 1. The molecular weight excluding hydrogens is 294 g/mol. The molecule has 1 aromatic carbocycles. The Morgan fingerprint density at radius 3 is 2.74 bits per heavy atom.